The predicted octanol–water partition coefficient (Wildman–Crippen LogP) is 2.31. The summed E-state index contributed by atoms with van der Waals surface area (Å²) in [5.74, 6) is 0.994. The molecule has 110 valence electrons. The Hall–Kier alpha value is -1.55. The molecule has 0 aliphatic carbocycles. The molecule has 0 N–H and O–H groups in total. The number of amides is 1. The molecule has 0 aromatic heterocycles. The maximum Gasteiger partial charge on any atom is 0.220 e. The summed E-state index contributed by atoms with van der Waals surface area (Å²) in [6, 6.07) is 8.68. The van der Waals surface area contributed by atoms with E-state index in [-0.39, 0.29) is 11.9 Å². The van der Waals surface area contributed by atoms with Gasteiger partial charge in [0.25, 0.3) is 0 Å². The van der Waals surface area contributed by atoms with Crippen LogP contribution in [0.15, 0.2) is 24.3 Å². The normalized spacial score (nSPS) is 20.2. The van der Waals surface area contributed by atoms with Crippen LogP contribution in [0, 0.1) is 0 Å². The Kier molecular flexibility index (Phi) is 4.65. The van der Waals surface area contributed by atoms with Gasteiger partial charge >= 0.3 is 0 Å². The van der Waals surface area contributed by atoms with Crippen molar-refractivity contribution in [1.82, 2.24) is 9.80 Å². The lowest BCUT2D eigenvalue weighted by atomic mass is 10.0. The zero-order valence-electron chi connectivity index (χ0n) is 12.8. The minimum Gasteiger partial charge on any atom is -0.497 e. The van der Waals surface area contributed by atoms with E-state index in [0.717, 1.165) is 25.4 Å². The summed E-state index contributed by atoms with van der Waals surface area (Å²) in [6.07, 6.45) is 0. The van der Waals surface area contributed by atoms with Gasteiger partial charge in [0.05, 0.1) is 13.2 Å². The van der Waals surface area contributed by atoms with Crippen LogP contribution in [-0.4, -0.2) is 48.5 Å². The first-order valence-corrected chi connectivity index (χ1v) is 7.18. The quantitative estimate of drug-likeness (QED) is 0.849. The number of hydrogen-bond acceptors (Lipinski definition) is 3. The highest BCUT2D eigenvalue weighted by atomic mass is 16.5. The van der Waals surface area contributed by atoms with Gasteiger partial charge in [0.15, 0.2) is 0 Å². The van der Waals surface area contributed by atoms with E-state index < -0.39 is 0 Å². The maximum absolute atomic E-state index is 11.9. The molecular weight excluding hydrogens is 252 g/mol. The summed E-state index contributed by atoms with van der Waals surface area (Å²) in [5, 5.41) is 0. The largest absolute Gasteiger partial charge is 0.497 e. The molecule has 0 radical (unpaired) electrons. The first kappa shape index (κ1) is 14.9. The van der Waals surface area contributed by atoms with Crippen LogP contribution in [0.25, 0.3) is 0 Å². The van der Waals surface area contributed by atoms with Gasteiger partial charge in [0, 0.05) is 32.6 Å². The highest BCUT2D eigenvalue weighted by Gasteiger charge is 2.30. The molecule has 1 heterocycles. The first-order valence-electron chi connectivity index (χ1n) is 7.18. The Morgan fingerprint density at radius 2 is 1.90 bits per heavy atom. The van der Waals surface area contributed by atoms with Crippen molar-refractivity contribution in [3.8, 4) is 5.75 Å². The van der Waals surface area contributed by atoms with Crippen LogP contribution in [0.3, 0.4) is 0 Å². The summed E-state index contributed by atoms with van der Waals surface area (Å²) in [6.45, 7) is 8.70. The molecule has 0 bridgehead atoms. The van der Waals surface area contributed by atoms with Crippen LogP contribution >= 0.6 is 0 Å². The van der Waals surface area contributed by atoms with Gasteiger partial charge in [-0.1, -0.05) is 12.1 Å². The van der Waals surface area contributed by atoms with Crippen molar-refractivity contribution in [3.05, 3.63) is 29.8 Å². The average Bonchev–Trinajstić information content (AvgIpc) is 2.46. The SMILES string of the molecule is COc1ccc([C@@H]2CN(C(C)C)CCN2C(C)=O)cc1. The van der Waals surface area contributed by atoms with E-state index in [0.29, 0.717) is 6.04 Å². The molecular formula is C16H24N2O2. The van der Waals surface area contributed by atoms with Crippen LogP contribution in [-0.2, 0) is 4.79 Å². The van der Waals surface area contributed by atoms with E-state index >= 15 is 0 Å². The molecule has 1 aromatic rings. The number of hydrogen-bond donors (Lipinski definition) is 0. The second-order valence-electron chi connectivity index (χ2n) is 5.59. The van der Waals surface area contributed by atoms with Gasteiger partial charge in [-0.15, -0.1) is 0 Å². The highest BCUT2D eigenvalue weighted by Crippen LogP contribution is 2.27. The fraction of sp³-hybridized carbons (Fsp3) is 0.562. The van der Waals surface area contributed by atoms with Crippen molar-refractivity contribution in [3.63, 3.8) is 0 Å². The molecule has 20 heavy (non-hydrogen) atoms. The molecule has 1 amide bonds. The molecule has 1 atom stereocenters. The highest BCUT2D eigenvalue weighted by molar-refractivity contribution is 5.74. The standard InChI is InChI=1S/C16H24N2O2/c1-12(2)17-9-10-18(13(3)19)16(11-17)14-5-7-15(20-4)8-6-14/h5-8,12,16H,9-11H2,1-4H3/t16-/m0/s1. The molecule has 0 spiro atoms. The van der Waals surface area contributed by atoms with E-state index in [9.17, 15) is 4.79 Å². The number of carbonyl (C=O) groups excluding carboxylic acids is 1. The van der Waals surface area contributed by atoms with E-state index in [4.69, 9.17) is 4.74 Å². The Morgan fingerprint density at radius 3 is 2.40 bits per heavy atom. The van der Waals surface area contributed by atoms with Gasteiger partial charge < -0.3 is 9.64 Å². The fourth-order valence-corrected chi connectivity index (χ4v) is 2.76. The molecule has 4 heteroatoms. The van der Waals surface area contributed by atoms with Gasteiger partial charge in [-0.3, -0.25) is 9.69 Å². The van der Waals surface area contributed by atoms with Crippen molar-refractivity contribution in [1.29, 1.82) is 0 Å². The van der Waals surface area contributed by atoms with E-state index in [2.05, 4.69) is 30.9 Å². The number of methoxy groups -OCH3 is 1. The van der Waals surface area contributed by atoms with Gasteiger partial charge in [-0.2, -0.15) is 0 Å². The summed E-state index contributed by atoms with van der Waals surface area (Å²) in [5.41, 5.74) is 1.17. The molecule has 0 unspecified atom stereocenters. The monoisotopic (exact) mass is 276 g/mol. The van der Waals surface area contributed by atoms with Crippen molar-refractivity contribution >= 4 is 5.91 Å². The van der Waals surface area contributed by atoms with Crippen molar-refractivity contribution < 1.29 is 9.53 Å². The molecule has 1 saturated heterocycles. The zero-order chi connectivity index (χ0) is 14.7. The maximum atomic E-state index is 11.9. The van der Waals surface area contributed by atoms with Crippen molar-refractivity contribution in [2.45, 2.75) is 32.9 Å². The lowest BCUT2D eigenvalue weighted by Crippen LogP contribution is -2.51. The number of ether oxygens (including phenoxy) is 1. The second kappa shape index (κ2) is 6.27. The molecule has 1 fully saturated rings. The number of nitrogens with zero attached hydrogens (tertiary/aromatic N) is 2. The number of carbonyl (C=O) groups is 1. The Bertz CT molecular complexity index is 456. The van der Waals surface area contributed by atoms with Crippen LogP contribution < -0.4 is 4.74 Å². The van der Waals surface area contributed by atoms with Gasteiger partial charge in [0.2, 0.25) is 5.91 Å². The van der Waals surface area contributed by atoms with Gasteiger partial charge in [0.1, 0.15) is 5.75 Å². The summed E-state index contributed by atoms with van der Waals surface area (Å²) < 4.78 is 5.20. The smallest absolute Gasteiger partial charge is 0.220 e. The lowest BCUT2D eigenvalue weighted by molar-refractivity contribution is -0.134. The topological polar surface area (TPSA) is 32.8 Å². The Morgan fingerprint density at radius 1 is 1.25 bits per heavy atom. The van der Waals surface area contributed by atoms with E-state index in [1.54, 1.807) is 14.0 Å². The molecule has 1 aliphatic rings. The number of rotatable bonds is 3. The summed E-state index contributed by atoms with van der Waals surface area (Å²) >= 11 is 0. The Labute approximate surface area is 121 Å². The first-order chi connectivity index (χ1) is 9.52. The third-order valence-electron chi connectivity index (χ3n) is 4.05. The van der Waals surface area contributed by atoms with Crippen LogP contribution in [0.1, 0.15) is 32.4 Å². The summed E-state index contributed by atoms with van der Waals surface area (Å²) in [4.78, 5) is 16.3. The predicted molar refractivity (Wildman–Crippen MR) is 79.8 cm³/mol. The minimum atomic E-state index is 0.134. The number of benzene rings is 1. The van der Waals surface area contributed by atoms with Gasteiger partial charge in [-0.05, 0) is 31.5 Å². The van der Waals surface area contributed by atoms with Crippen molar-refractivity contribution in [2.24, 2.45) is 0 Å². The molecule has 1 aliphatic heterocycles. The molecule has 4 nitrogen and oxygen atoms in total. The zero-order valence-corrected chi connectivity index (χ0v) is 12.8. The van der Waals surface area contributed by atoms with E-state index in [1.165, 1.54) is 5.56 Å². The molecule has 0 saturated carbocycles. The minimum absolute atomic E-state index is 0.134. The second-order valence-corrected chi connectivity index (χ2v) is 5.59. The average molecular weight is 276 g/mol. The van der Waals surface area contributed by atoms with E-state index in [1.807, 2.05) is 17.0 Å². The van der Waals surface area contributed by atoms with Crippen molar-refractivity contribution in [2.75, 3.05) is 26.7 Å². The molecule has 1 aromatic carbocycles. The Balaban J connectivity index is 2.23. The molecule has 2 rings (SSSR count). The number of piperazine rings is 1. The van der Waals surface area contributed by atoms with Crippen LogP contribution in [0.2, 0.25) is 0 Å². The third kappa shape index (κ3) is 3.12. The van der Waals surface area contributed by atoms with Crippen LogP contribution in [0.5, 0.6) is 5.75 Å². The lowest BCUT2D eigenvalue weighted by Gasteiger charge is -2.43. The fourth-order valence-electron chi connectivity index (χ4n) is 2.76. The third-order valence-corrected chi connectivity index (χ3v) is 4.05. The van der Waals surface area contributed by atoms with Crippen LogP contribution in [0.4, 0.5) is 0 Å². The van der Waals surface area contributed by atoms with Gasteiger partial charge in [-0.25, -0.2) is 0 Å². The summed E-state index contributed by atoms with van der Waals surface area (Å²) in [7, 11) is 1.66.